The second-order valence-corrected chi connectivity index (χ2v) is 6.32. The molecule has 22 heavy (non-hydrogen) atoms. The van der Waals surface area contributed by atoms with Crippen LogP contribution in [0.25, 0.3) is 0 Å². The predicted molar refractivity (Wildman–Crippen MR) is 85.7 cm³/mol. The van der Waals surface area contributed by atoms with Gasteiger partial charge in [-0.2, -0.15) is 0 Å². The second-order valence-electron chi connectivity index (χ2n) is 6.32. The molecule has 1 aromatic heterocycles. The van der Waals surface area contributed by atoms with E-state index in [0.29, 0.717) is 18.2 Å². The van der Waals surface area contributed by atoms with Crippen molar-refractivity contribution in [1.29, 1.82) is 0 Å². The van der Waals surface area contributed by atoms with Gasteiger partial charge in [-0.05, 0) is 30.9 Å². The van der Waals surface area contributed by atoms with E-state index in [1.807, 2.05) is 13.8 Å². The van der Waals surface area contributed by atoms with Gasteiger partial charge >= 0.3 is 0 Å². The molecule has 1 aromatic rings. The molecule has 0 aromatic carbocycles. The summed E-state index contributed by atoms with van der Waals surface area (Å²) in [6.07, 6.45) is 5.63. The van der Waals surface area contributed by atoms with Gasteiger partial charge in [-0.3, -0.25) is 9.59 Å². The predicted octanol–water partition coefficient (Wildman–Crippen LogP) is 2.53. The summed E-state index contributed by atoms with van der Waals surface area (Å²) in [7, 11) is 0. The zero-order valence-electron chi connectivity index (χ0n) is 13.4. The lowest BCUT2D eigenvalue weighted by Crippen LogP contribution is -2.37. The molecule has 0 aliphatic heterocycles. The summed E-state index contributed by atoms with van der Waals surface area (Å²) in [4.78, 5) is 28.4. The average molecular weight is 303 g/mol. The zero-order valence-corrected chi connectivity index (χ0v) is 13.4. The Labute approximate surface area is 131 Å². The number of rotatable bonds is 5. The molecule has 0 bridgehead atoms. The largest absolute Gasteiger partial charge is 0.350 e. The van der Waals surface area contributed by atoms with Gasteiger partial charge in [-0.1, -0.05) is 39.2 Å². The van der Waals surface area contributed by atoms with Gasteiger partial charge in [-0.15, -0.1) is 0 Å². The molecular formula is C17H25N3O2. The third-order valence-electron chi connectivity index (χ3n) is 3.83. The maximum absolute atomic E-state index is 12.2. The van der Waals surface area contributed by atoms with Crippen molar-refractivity contribution < 1.29 is 9.59 Å². The van der Waals surface area contributed by atoms with Gasteiger partial charge in [0.05, 0.1) is 0 Å². The van der Waals surface area contributed by atoms with Crippen molar-refractivity contribution in [2.45, 2.75) is 52.0 Å². The fourth-order valence-electron chi connectivity index (χ4n) is 2.58. The SMILES string of the molecule is CC(C)CNC(=O)c1cccc(C(=O)NC2CCCCC2)n1. The smallest absolute Gasteiger partial charge is 0.270 e. The lowest BCUT2D eigenvalue weighted by Gasteiger charge is -2.22. The molecule has 1 heterocycles. The van der Waals surface area contributed by atoms with E-state index in [2.05, 4.69) is 15.6 Å². The molecule has 0 radical (unpaired) electrons. The van der Waals surface area contributed by atoms with Gasteiger partial charge in [0.25, 0.3) is 11.8 Å². The summed E-state index contributed by atoms with van der Waals surface area (Å²) >= 11 is 0. The number of amides is 2. The monoisotopic (exact) mass is 303 g/mol. The zero-order chi connectivity index (χ0) is 15.9. The molecule has 0 saturated heterocycles. The second kappa shape index (κ2) is 7.92. The lowest BCUT2D eigenvalue weighted by atomic mass is 9.95. The van der Waals surface area contributed by atoms with Crippen LogP contribution in [-0.2, 0) is 0 Å². The molecule has 0 spiro atoms. The molecule has 1 fully saturated rings. The highest BCUT2D eigenvalue weighted by molar-refractivity contribution is 5.96. The molecule has 5 heteroatoms. The van der Waals surface area contributed by atoms with Crippen LogP contribution in [0.4, 0.5) is 0 Å². The number of carbonyl (C=O) groups is 2. The first-order valence-corrected chi connectivity index (χ1v) is 8.12. The summed E-state index contributed by atoms with van der Waals surface area (Å²) in [5.74, 6) is -0.0480. The van der Waals surface area contributed by atoms with Crippen molar-refractivity contribution in [3.63, 3.8) is 0 Å². The standard InChI is InChI=1S/C17H25N3O2/c1-12(2)11-18-16(21)14-9-6-10-15(20-14)17(22)19-13-7-4-3-5-8-13/h6,9-10,12-13H,3-5,7-8,11H2,1-2H3,(H,18,21)(H,19,22). The minimum Gasteiger partial charge on any atom is -0.350 e. The Morgan fingerprint density at radius 3 is 2.41 bits per heavy atom. The topological polar surface area (TPSA) is 71.1 Å². The number of nitrogens with zero attached hydrogens (tertiary/aromatic N) is 1. The number of hydrogen-bond donors (Lipinski definition) is 2. The van der Waals surface area contributed by atoms with Crippen molar-refractivity contribution >= 4 is 11.8 Å². The molecule has 2 N–H and O–H groups in total. The molecule has 1 saturated carbocycles. The molecular weight excluding hydrogens is 278 g/mol. The summed E-state index contributed by atoms with van der Waals surface area (Å²) in [5, 5.41) is 5.83. The van der Waals surface area contributed by atoms with E-state index in [-0.39, 0.29) is 23.6 Å². The van der Waals surface area contributed by atoms with Crippen molar-refractivity contribution in [3.8, 4) is 0 Å². The quantitative estimate of drug-likeness (QED) is 0.878. The van der Waals surface area contributed by atoms with Crippen LogP contribution in [0, 0.1) is 5.92 Å². The molecule has 120 valence electrons. The van der Waals surface area contributed by atoms with E-state index in [1.54, 1.807) is 18.2 Å². The molecule has 5 nitrogen and oxygen atoms in total. The van der Waals surface area contributed by atoms with Gasteiger partial charge in [0.2, 0.25) is 0 Å². The highest BCUT2D eigenvalue weighted by Crippen LogP contribution is 2.17. The number of aromatic nitrogens is 1. The van der Waals surface area contributed by atoms with E-state index >= 15 is 0 Å². The van der Waals surface area contributed by atoms with Crippen LogP contribution in [0.5, 0.6) is 0 Å². The van der Waals surface area contributed by atoms with Gasteiger partial charge < -0.3 is 10.6 Å². The Hall–Kier alpha value is -1.91. The fraction of sp³-hybridized carbons (Fsp3) is 0.588. The molecule has 1 aliphatic carbocycles. The normalized spacial score (nSPS) is 15.6. The van der Waals surface area contributed by atoms with Crippen molar-refractivity contribution in [2.75, 3.05) is 6.54 Å². The first-order chi connectivity index (χ1) is 10.6. The summed E-state index contributed by atoms with van der Waals surface area (Å²) in [6, 6.07) is 5.22. The van der Waals surface area contributed by atoms with Gasteiger partial charge in [0.1, 0.15) is 11.4 Å². The average Bonchev–Trinajstić information content (AvgIpc) is 2.53. The third-order valence-corrected chi connectivity index (χ3v) is 3.83. The first-order valence-electron chi connectivity index (χ1n) is 8.12. The lowest BCUT2D eigenvalue weighted by molar-refractivity contribution is 0.0922. The number of nitrogens with one attached hydrogen (secondary N) is 2. The van der Waals surface area contributed by atoms with Crippen LogP contribution in [0.3, 0.4) is 0 Å². The minimum atomic E-state index is -0.235. The van der Waals surface area contributed by atoms with Crippen molar-refractivity contribution in [3.05, 3.63) is 29.6 Å². The molecule has 2 rings (SSSR count). The summed E-state index contributed by atoms with van der Waals surface area (Å²) in [6.45, 7) is 4.66. The van der Waals surface area contributed by atoms with Crippen LogP contribution < -0.4 is 10.6 Å². The van der Waals surface area contributed by atoms with Crippen LogP contribution in [0.1, 0.15) is 66.9 Å². The Balaban J connectivity index is 1.97. The van der Waals surface area contributed by atoms with E-state index in [0.717, 1.165) is 25.7 Å². The van der Waals surface area contributed by atoms with Crippen LogP contribution in [-0.4, -0.2) is 29.4 Å². The van der Waals surface area contributed by atoms with Crippen LogP contribution in [0.2, 0.25) is 0 Å². The highest BCUT2D eigenvalue weighted by atomic mass is 16.2. The van der Waals surface area contributed by atoms with E-state index in [9.17, 15) is 9.59 Å². The van der Waals surface area contributed by atoms with E-state index < -0.39 is 0 Å². The van der Waals surface area contributed by atoms with Crippen LogP contribution in [0.15, 0.2) is 18.2 Å². The maximum atomic E-state index is 12.2. The first kappa shape index (κ1) is 16.5. The van der Waals surface area contributed by atoms with Gasteiger partial charge in [0, 0.05) is 12.6 Å². The minimum absolute atomic E-state index is 0.189. The Bertz CT molecular complexity index is 522. The number of carbonyl (C=O) groups excluding carboxylic acids is 2. The van der Waals surface area contributed by atoms with Crippen molar-refractivity contribution in [2.24, 2.45) is 5.92 Å². The van der Waals surface area contributed by atoms with Crippen molar-refractivity contribution in [1.82, 2.24) is 15.6 Å². The molecule has 0 atom stereocenters. The Morgan fingerprint density at radius 1 is 1.14 bits per heavy atom. The van der Waals surface area contributed by atoms with E-state index in [4.69, 9.17) is 0 Å². The Kier molecular flexibility index (Phi) is 5.92. The van der Waals surface area contributed by atoms with Gasteiger partial charge in [-0.25, -0.2) is 4.98 Å². The fourth-order valence-corrected chi connectivity index (χ4v) is 2.58. The molecule has 2 amide bonds. The van der Waals surface area contributed by atoms with Gasteiger partial charge in [0.15, 0.2) is 0 Å². The maximum Gasteiger partial charge on any atom is 0.270 e. The van der Waals surface area contributed by atoms with Crippen LogP contribution >= 0.6 is 0 Å². The number of hydrogen-bond acceptors (Lipinski definition) is 3. The number of pyridine rings is 1. The highest BCUT2D eigenvalue weighted by Gasteiger charge is 2.18. The Morgan fingerprint density at radius 2 is 1.77 bits per heavy atom. The molecule has 1 aliphatic rings. The molecule has 0 unspecified atom stereocenters. The summed E-state index contributed by atoms with van der Waals surface area (Å²) in [5.41, 5.74) is 0.597. The third kappa shape index (κ3) is 4.83. The summed E-state index contributed by atoms with van der Waals surface area (Å²) < 4.78 is 0. The van der Waals surface area contributed by atoms with E-state index in [1.165, 1.54) is 6.42 Å².